The van der Waals surface area contributed by atoms with Crippen LogP contribution in [0.3, 0.4) is 0 Å². The van der Waals surface area contributed by atoms with Gasteiger partial charge in [0.05, 0.1) is 17.7 Å². The van der Waals surface area contributed by atoms with Gasteiger partial charge in [-0.25, -0.2) is 0 Å². The fourth-order valence-electron chi connectivity index (χ4n) is 4.24. The first kappa shape index (κ1) is 20.7. The smallest absolute Gasteiger partial charge is 0.417 e. The van der Waals surface area contributed by atoms with Crippen molar-refractivity contribution in [1.82, 2.24) is 4.90 Å². The number of nitrogens with zero attached hydrogens (tertiary/aromatic N) is 2. The third-order valence-electron chi connectivity index (χ3n) is 5.37. The molecule has 2 aliphatic heterocycles. The van der Waals surface area contributed by atoms with Gasteiger partial charge in [-0.05, 0) is 42.5 Å². The highest BCUT2D eigenvalue weighted by Gasteiger charge is 2.49. The zero-order valence-electron chi connectivity index (χ0n) is 15.1. The summed E-state index contributed by atoms with van der Waals surface area (Å²) in [5.74, 6) is -1.02. The minimum Gasteiger partial charge on any atom is -0.431 e. The van der Waals surface area contributed by atoms with Gasteiger partial charge < -0.3 is 9.64 Å². The number of hydrogen-bond acceptors (Lipinski definition) is 3. The highest BCUT2D eigenvalue weighted by atomic mass is 19.4. The van der Waals surface area contributed by atoms with E-state index in [4.69, 9.17) is 0 Å². The Morgan fingerprint density at radius 3 is 2.43 bits per heavy atom. The molecule has 1 aromatic carbocycles. The predicted octanol–water partition coefficient (Wildman–Crippen LogP) is 5.53. The molecule has 30 heavy (non-hydrogen) atoms. The normalized spacial score (nSPS) is 23.8. The number of allylic oxidation sites excluding steroid dienone is 2. The number of rotatable bonds is 2. The van der Waals surface area contributed by atoms with E-state index in [2.05, 4.69) is 9.73 Å². The van der Waals surface area contributed by atoms with Crippen molar-refractivity contribution in [3.05, 3.63) is 58.5 Å². The van der Waals surface area contributed by atoms with Crippen LogP contribution in [0.25, 0.3) is 0 Å². The third kappa shape index (κ3) is 3.43. The fraction of sp³-hybridized carbons (Fsp3) is 0.421. The number of hydrogen-bond donors (Lipinski definition) is 0. The van der Waals surface area contributed by atoms with Gasteiger partial charge in [0.25, 0.3) is 0 Å². The second-order valence-corrected chi connectivity index (χ2v) is 7.25. The summed E-state index contributed by atoms with van der Waals surface area (Å²) in [6.45, 7) is -3.60. The molecule has 0 N–H and O–H groups in total. The molecule has 0 aromatic heterocycles. The zero-order valence-corrected chi connectivity index (χ0v) is 15.1. The lowest BCUT2D eigenvalue weighted by molar-refractivity contribution is -0.138. The highest BCUT2D eigenvalue weighted by molar-refractivity contribution is 6.00. The maximum Gasteiger partial charge on any atom is 0.417 e. The molecule has 1 spiro atoms. The largest absolute Gasteiger partial charge is 0.431 e. The molecule has 11 heteroatoms. The third-order valence-corrected chi connectivity index (χ3v) is 5.37. The molecule has 0 amide bonds. The number of halogens is 8. The second-order valence-electron chi connectivity index (χ2n) is 7.25. The lowest BCUT2D eigenvalue weighted by Crippen LogP contribution is -2.37. The lowest BCUT2D eigenvalue weighted by Gasteiger charge is -2.35. The first-order chi connectivity index (χ1) is 13.9. The molecular formula is C19H14F8N2O. The molecule has 2 heterocycles. The zero-order chi connectivity index (χ0) is 21.9. The van der Waals surface area contributed by atoms with Crippen molar-refractivity contribution in [3.63, 3.8) is 0 Å². The molecular weight excluding hydrogens is 424 g/mol. The molecule has 0 saturated carbocycles. The Morgan fingerprint density at radius 2 is 1.80 bits per heavy atom. The average Bonchev–Trinajstić information content (AvgIpc) is 2.99. The van der Waals surface area contributed by atoms with Crippen LogP contribution in [-0.4, -0.2) is 30.1 Å². The maximum atomic E-state index is 13.4. The van der Waals surface area contributed by atoms with E-state index in [1.165, 1.54) is 12.1 Å². The Kier molecular flexibility index (Phi) is 4.62. The summed E-state index contributed by atoms with van der Waals surface area (Å²) in [5, 5.41) is 0. The quantitative estimate of drug-likeness (QED) is 0.567. The van der Waals surface area contributed by atoms with Crippen LogP contribution >= 0.6 is 0 Å². The van der Waals surface area contributed by atoms with Gasteiger partial charge in [0.15, 0.2) is 11.6 Å². The van der Waals surface area contributed by atoms with Crippen LogP contribution in [0.5, 0.6) is 0 Å². The molecule has 4 rings (SSSR count). The number of fused-ring (bicyclic) bond motifs is 3. The summed E-state index contributed by atoms with van der Waals surface area (Å²) in [5.41, 5.74) is -3.05. The van der Waals surface area contributed by atoms with Gasteiger partial charge in [-0.3, -0.25) is 4.99 Å². The van der Waals surface area contributed by atoms with Gasteiger partial charge >= 0.3 is 19.0 Å². The molecule has 3 aliphatic rings. The SMILES string of the molecule is FC(F)OC1=CC(C(F)(F)F)=CN2CC3(CCCc4c(C(F)(F)F)cccc43)N=C12. The first-order valence-electron chi connectivity index (χ1n) is 8.93. The van der Waals surface area contributed by atoms with Gasteiger partial charge in [0, 0.05) is 6.20 Å². The predicted molar refractivity (Wildman–Crippen MR) is 89.5 cm³/mol. The van der Waals surface area contributed by atoms with Crippen LogP contribution in [0.4, 0.5) is 35.1 Å². The lowest BCUT2D eigenvalue weighted by atomic mass is 9.75. The van der Waals surface area contributed by atoms with Crippen molar-refractivity contribution in [3.8, 4) is 0 Å². The molecule has 0 bridgehead atoms. The summed E-state index contributed by atoms with van der Waals surface area (Å²) < 4.78 is 110. The second kappa shape index (κ2) is 6.71. The number of aliphatic imine (C=N–C) groups is 1. The van der Waals surface area contributed by atoms with Gasteiger partial charge in [0.1, 0.15) is 5.54 Å². The van der Waals surface area contributed by atoms with Gasteiger partial charge in [-0.1, -0.05) is 12.1 Å². The van der Waals surface area contributed by atoms with Crippen LogP contribution in [-0.2, 0) is 22.9 Å². The topological polar surface area (TPSA) is 24.8 Å². The Labute approximate surface area is 165 Å². The summed E-state index contributed by atoms with van der Waals surface area (Å²) in [7, 11) is 0. The minimum absolute atomic E-state index is 0.0285. The van der Waals surface area contributed by atoms with E-state index >= 15 is 0 Å². The highest BCUT2D eigenvalue weighted by Crippen LogP contribution is 2.48. The molecule has 0 fully saturated rings. The van der Waals surface area contributed by atoms with E-state index in [0.717, 1.165) is 11.0 Å². The van der Waals surface area contributed by atoms with Crippen molar-refractivity contribution in [2.45, 2.75) is 43.8 Å². The van der Waals surface area contributed by atoms with Crippen molar-refractivity contribution in [2.75, 3.05) is 6.54 Å². The van der Waals surface area contributed by atoms with Crippen molar-refractivity contribution in [1.29, 1.82) is 0 Å². The molecule has 1 aromatic rings. The molecule has 1 unspecified atom stereocenters. The number of amidine groups is 1. The summed E-state index contributed by atoms with van der Waals surface area (Å²) >= 11 is 0. The van der Waals surface area contributed by atoms with Crippen LogP contribution in [0.2, 0.25) is 0 Å². The standard InChI is InChI=1S/C19H14F8N2O/c20-16(21)30-14-7-10(18(22,23)24)8-29-9-17(28-15(14)29)6-2-3-11-12(17)4-1-5-13(11)19(25,26)27/h1,4-5,7-8,16H,2-3,6,9H2. The van der Waals surface area contributed by atoms with Crippen molar-refractivity contribution in [2.24, 2.45) is 4.99 Å². The van der Waals surface area contributed by atoms with Crippen LogP contribution in [0.15, 0.2) is 46.8 Å². The monoisotopic (exact) mass is 438 g/mol. The molecule has 162 valence electrons. The van der Waals surface area contributed by atoms with Crippen LogP contribution in [0, 0.1) is 0 Å². The Morgan fingerprint density at radius 1 is 1.07 bits per heavy atom. The first-order valence-corrected chi connectivity index (χ1v) is 8.93. The summed E-state index contributed by atoms with van der Waals surface area (Å²) in [6.07, 6.45) is -7.57. The molecule has 1 atom stereocenters. The molecule has 0 saturated heterocycles. The van der Waals surface area contributed by atoms with Crippen LogP contribution in [0.1, 0.15) is 29.5 Å². The van der Waals surface area contributed by atoms with E-state index in [0.29, 0.717) is 18.7 Å². The van der Waals surface area contributed by atoms with Crippen LogP contribution < -0.4 is 0 Å². The molecule has 0 radical (unpaired) electrons. The van der Waals surface area contributed by atoms with Gasteiger partial charge in [-0.2, -0.15) is 35.1 Å². The summed E-state index contributed by atoms with van der Waals surface area (Å²) in [4.78, 5) is 5.38. The van der Waals surface area contributed by atoms with Gasteiger partial charge in [0.2, 0.25) is 0 Å². The Balaban J connectivity index is 1.83. The van der Waals surface area contributed by atoms with E-state index in [9.17, 15) is 35.1 Å². The fourth-order valence-corrected chi connectivity index (χ4v) is 4.24. The Hall–Kier alpha value is -2.59. The van der Waals surface area contributed by atoms with E-state index in [1.54, 1.807) is 0 Å². The number of benzene rings is 1. The molecule has 3 nitrogen and oxygen atoms in total. The number of alkyl halides is 8. The van der Waals surface area contributed by atoms with Crippen molar-refractivity contribution >= 4 is 5.84 Å². The average molecular weight is 438 g/mol. The Bertz CT molecular complexity index is 960. The summed E-state index contributed by atoms with van der Waals surface area (Å²) in [6, 6.07) is 3.62. The maximum absolute atomic E-state index is 13.4. The van der Waals surface area contributed by atoms with Gasteiger partial charge in [-0.15, -0.1) is 0 Å². The molecule has 1 aliphatic carbocycles. The van der Waals surface area contributed by atoms with E-state index in [1.807, 2.05) is 0 Å². The van der Waals surface area contributed by atoms with E-state index < -0.39 is 41.4 Å². The number of ether oxygens (including phenoxy) is 1. The van der Waals surface area contributed by atoms with Crippen molar-refractivity contribution < 1.29 is 39.9 Å². The minimum atomic E-state index is -4.83. The van der Waals surface area contributed by atoms with E-state index in [-0.39, 0.29) is 36.3 Å².